The van der Waals surface area contributed by atoms with E-state index in [0.717, 1.165) is 5.01 Å². The zero-order chi connectivity index (χ0) is 8.32. The van der Waals surface area contributed by atoms with Crippen molar-refractivity contribution in [1.82, 2.24) is 4.98 Å². The SMILES string of the molecule is CC(CO)(CO)c1nccs1. The fraction of sp³-hybridized carbons (Fsp3) is 0.571. The van der Waals surface area contributed by atoms with E-state index in [1.54, 1.807) is 13.1 Å². The summed E-state index contributed by atoms with van der Waals surface area (Å²) in [6.45, 7) is 1.64. The molecule has 4 heteroatoms. The molecule has 1 aromatic rings. The van der Waals surface area contributed by atoms with Gasteiger partial charge in [0, 0.05) is 11.6 Å². The molecule has 0 radical (unpaired) electrons. The van der Waals surface area contributed by atoms with Crippen molar-refractivity contribution in [1.29, 1.82) is 0 Å². The Morgan fingerprint density at radius 2 is 2.18 bits per heavy atom. The van der Waals surface area contributed by atoms with Crippen LogP contribution in [0.2, 0.25) is 0 Å². The fourth-order valence-corrected chi connectivity index (χ4v) is 1.49. The van der Waals surface area contributed by atoms with E-state index >= 15 is 0 Å². The number of nitrogens with zero attached hydrogens (tertiary/aromatic N) is 1. The fourth-order valence-electron chi connectivity index (χ4n) is 0.707. The molecular formula is C7H11NO2S. The van der Waals surface area contributed by atoms with Crippen molar-refractivity contribution >= 4 is 11.3 Å². The summed E-state index contributed by atoms with van der Waals surface area (Å²) in [5, 5.41) is 20.5. The normalized spacial score (nSPS) is 11.9. The highest BCUT2D eigenvalue weighted by Crippen LogP contribution is 2.23. The Morgan fingerprint density at radius 3 is 2.55 bits per heavy atom. The zero-order valence-corrected chi connectivity index (χ0v) is 7.14. The summed E-state index contributed by atoms with van der Waals surface area (Å²) in [5.74, 6) is 0. The molecular weight excluding hydrogens is 162 g/mol. The number of aliphatic hydroxyl groups is 2. The Morgan fingerprint density at radius 1 is 1.55 bits per heavy atom. The summed E-state index contributed by atoms with van der Waals surface area (Å²) in [4.78, 5) is 4.03. The van der Waals surface area contributed by atoms with Crippen molar-refractivity contribution in [3.8, 4) is 0 Å². The Labute approximate surface area is 69.3 Å². The summed E-state index contributed by atoms with van der Waals surface area (Å²) >= 11 is 1.45. The molecule has 0 unspecified atom stereocenters. The Bertz CT molecular complexity index is 206. The lowest BCUT2D eigenvalue weighted by atomic mass is 9.94. The summed E-state index contributed by atoms with van der Waals surface area (Å²) in [6.07, 6.45) is 1.67. The van der Waals surface area contributed by atoms with Gasteiger partial charge in [-0.25, -0.2) is 4.98 Å². The predicted octanol–water partition coefficient (Wildman–Crippen LogP) is 0.385. The Balaban J connectivity index is 2.87. The smallest absolute Gasteiger partial charge is 0.103 e. The first kappa shape index (κ1) is 8.64. The minimum atomic E-state index is -0.575. The second-order valence-corrected chi connectivity index (χ2v) is 3.61. The van der Waals surface area contributed by atoms with Gasteiger partial charge in [0.25, 0.3) is 0 Å². The van der Waals surface area contributed by atoms with Crippen LogP contribution >= 0.6 is 11.3 Å². The van der Waals surface area contributed by atoms with E-state index in [1.807, 2.05) is 5.38 Å². The molecule has 0 aliphatic heterocycles. The largest absolute Gasteiger partial charge is 0.395 e. The summed E-state index contributed by atoms with van der Waals surface area (Å²) in [7, 11) is 0. The molecule has 1 aromatic heterocycles. The first-order valence-electron chi connectivity index (χ1n) is 3.34. The van der Waals surface area contributed by atoms with Crippen LogP contribution in [0.5, 0.6) is 0 Å². The third-order valence-corrected chi connectivity index (χ3v) is 2.73. The van der Waals surface area contributed by atoms with Gasteiger partial charge in [-0.2, -0.15) is 0 Å². The van der Waals surface area contributed by atoms with E-state index in [-0.39, 0.29) is 13.2 Å². The number of hydrogen-bond acceptors (Lipinski definition) is 4. The third-order valence-electron chi connectivity index (χ3n) is 1.65. The zero-order valence-electron chi connectivity index (χ0n) is 6.32. The molecule has 0 aliphatic rings. The number of aromatic nitrogens is 1. The van der Waals surface area contributed by atoms with Crippen LogP contribution in [0.15, 0.2) is 11.6 Å². The topological polar surface area (TPSA) is 53.4 Å². The van der Waals surface area contributed by atoms with Gasteiger partial charge < -0.3 is 10.2 Å². The van der Waals surface area contributed by atoms with Crippen LogP contribution < -0.4 is 0 Å². The van der Waals surface area contributed by atoms with Crippen molar-refractivity contribution in [2.75, 3.05) is 13.2 Å². The number of rotatable bonds is 3. The molecule has 0 fully saturated rings. The summed E-state index contributed by atoms with van der Waals surface area (Å²) in [5.41, 5.74) is -0.575. The molecule has 0 spiro atoms. The summed E-state index contributed by atoms with van der Waals surface area (Å²) in [6, 6.07) is 0. The number of aliphatic hydroxyl groups excluding tert-OH is 2. The van der Waals surface area contributed by atoms with Crippen LogP contribution in [0.25, 0.3) is 0 Å². The maximum Gasteiger partial charge on any atom is 0.103 e. The quantitative estimate of drug-likeness (QED) is 0.695. The average Bonchev–Trinajstić information content (AvgIpc) is 2.55. The molecule has 0 saturated carbocycles. The molecule has 0 bridgehead atoms. The summed E-state index contributed by atoms with van der Waals surface area (Å²) < 4.78 is 0. The lowest BCUT2D eigenvalue weighted by Crippen LogP contribution is -2.30. The standard InChI is InChI=1S/C7H11NO2S/c1-7(4-9,5-10)6-8-2-3-11-6/h2-3,9-10H,4-5H2,1H3. The van der Waals surface area contributed by atoms with Crippen LogP contribution in [0.4, 0.5) is 0 Å². The van der Waals surface area contributed by atoms with Crippen molar-refractivity contribution in [3.63, 3.8) is 0 Å². The predicted molar refractivity (Wildman–Crippen MR) is 43.6 cm³/mol. The van der Waals surface area contributed by atoms with Gasteiger partial charge in [0.2, 0.25) is 0 Å². The van der Waals surface area contributed by atoms with E-state index in [4.69, 9.17) is 10.2 Å². The second-order valence-electron chi connectivity index (χ2n) is 2.71. The average molecular weight is 173 g/mol. The van der Waals surface area contributed by atoms with E-state index < -0.39 is 5.41 Å². The maximum absolute atomic E-state index is 8.96. The van der Waals surface area contributed by atoms with Gasteiger partial charge in [-0.05, 0) is 6.92 Å². The highest BCUT2D eigenvalue weighted by atomic mass is 32.1. The number of hydrogen-bond donors (Lipinski definition) is 2. The van der Waals surface area contributed by atoms with Gasteiger partial charge in [-0.1, -0.05) is 0 Å². The molecule has 0 aromatic carbocycles. The van der Waals surface area contributed by atoms with Gasteiger partial charge >= 0.3 is 0 Å². The van der Waals surface area contributed by atoms with Crippen LogP contribution in [-0.4, -0.2) is 28.4 Å². The van der Waals surface area contributed by atoms with Gasteiger partial charge in [-0.3, -0.25) is 0 Å². The van der Waals surface area contributed by atoms with E-state index in [9.17, 15) is 0 Å². The van der Waals surface area contributed by atoms with Crippen LogP contribution in [-0.2, 0) is 5.41 Å². The Hall–Kier alpha value is -0.450. The monoisotopic (exact) mass is 173 g/mol. The third kappa shape index (κ3) is 1.58. The van der Waals surface area contributed by atoms with Crippen LogP contribution in [0.3, 0.4) is 0 Å². The molecule has 2 N–H and O–H groups in total. The number of thiazole rings is 1. The van der Waals surface area contributed by atoms with Gasteiger partial charge in [-0.15, -0.1) is 11.3 Å². The molecule has 0 aliphatic carbocycles. The highest BCUT2D eigenvalue weighted by Gasteiger charge is 2.27. The molecule has 1 heterocycles. The molecule has 3 nitrogen and oxygen atoms in total. The molecule has 0 saturated heterocycles. The molecule has 0 amide bonds. The molecule has 11 heavy (non-hydrogen) atoms. The van der Waals surface area contributed by atoms with E-state index in [0.29, 0.717) is 0 Å². The molecule has 1 rings (SSSR count). The van der Waals surface area contributed by atoms with Crippen molar-refractivity contribution in [3.05, 3.63) is 16.6 Å². The first-order valence-corrected chi connectivity index (χ1v) is 4.22. The minimum absolute atomic E-state index is 0.0724. The van der Waals surface area contributed by atoms with Gasteiger partial charge in [0.15, 0.2) is 0 Å². The van der Waals surface area contributed by atoms with Gasteiger partial charge in [0.05, 0.1) is 18.6 Å². The minimum Gasteiger partial charge on any atom is -0.395 e. The lowest BCUT2D eigenvalue weighted by molar-refractivity contribution is 0.129. The van der Waals surface area contributed by atoms with E-state index in [2.05, 4.69) is 4.98 Å². The van der Waals surface area contributed by atoms with Gasteiger partial charge in [0.1, 0.15) is 5.01 Å². The van der Waals surface area contributed by atoms with E-state index in [1.165, 1.54) is 11.3 Å². The second kappa shape index (κ2) is 3.30. The Kier molecular flexibility index (Phi) is 2.59. The van der Waals surface area contributed by atoms with Crippen molar-refractivity contribution in [2.45, 2.75) is 12.3 Å². The van der Waals surface area contributed by atoms with Crippen LogP contribution in [0, 0.1) is 0 Å². The van der Waals surface area contributed by atoms with Crippen LogP contribution in [0.1, 0.15) is 11.9 Å². The maximum atomic E-state index is 8.96. The molecule has 0 atom stereocenters. The van der Waals surface area contributed by atoms with Crippen molar-refractivity contribution < 1.29 is 10.2 Å². The van der Waals surface area contributed by atoms with Crippen molar-refractivity contribution in [2.24, 2.45) is 0 Å². The first-order chi connectivity index (χ1) is 5.23. The highest BCUT2D eigenvalue weighted by molar-refractivity contribution is 7.09. The molecule has 62 valence electrons. The lowest BCUT2D eigenvalue weighted by Gasteiger charge is -2.20.